The molecule has 1 aliphatic rings. The Bertz CT molecular complexity index is 1460. The van der Waals surface area contributed by atoms with Crippen LogP contribution in [0.1, 0.15) is 48.9 Å². The molecule has 3 aromatic rings. The highest BCUT2D eigenvalue weighted by molar-refractivity contribution is 6.04. The van der Waals surface area contributed by atoms with Crippen LogP contribution >= 0.6 is 0 Å². The SMILES string of the molecule is Cc1ccccc1-c1cc(N(C)C(=O)C2CC2)ncc1N(C)C(=O)C(C)(C)c1cc(C(F)(F)F)cc(C(F)(F)F)c1. The molecule has 1 aliphatic carbocycles. The fourth-order valence-electron chi connectivity index (χ4n) is 4.66. The number of amides is 2. The van der Waals surface area contributed by atoms with Gasteiger partial charge < -0.3 is 4.90 Å². The molecule has 1 heterocycles. The van der Waals surface area contributed by atoms with Crippen LogP contribution in [-0.4, -0.2) is 30.9 Å². The van der Waals surface area contributed by atoms with E-state index >= 15 is 0 Å². The van der Waals surface area contributed by atoms with Gasteiger partial charge in [-0.05, 0) is 74.6 Å². The number of carbonyl (C=O) groups excluding carboxylic acids is 2. The molecule has 0 bridgehead atoms. The summed E-state index contributed by atoms with van der Waals surface area (Å²) in [5, 5.41) is 0. The summed E-state index contributed by atoms with van der Waals surface area (Å²) in [6.07, 6.45) is -7.13. The zero-order chi connectivity index (χ0) is 30.5. The molecule has 218 valence electrons. The summed E-state index contributed by atoms with van der Waals surface area (Å²) in [7, 11) is 2.99. The molecule has 2 amide bonds. The van der Waals surface area contributed by atoms with Crippen molar-refractivity contribution in [3.63, 3.8) is 0 Å². The van der Waals surface area contributed by atoms with E-state index in [2.05, 4.69) is 4.98 Å². The van der Waals surface area contributed by atoms with Crippen molar-refractivity contribution in [2.45, 2.75) is 51.4 Å². The predicted molar refractivity (Wildman–Crippen MR) is 143 cm³/mol. The lowest BCUT2D eigenvalue weighted by Crippen LogP contribution is -2.42. The summed E-state index contributed by atoms with van der Waals surface area (Å²) < 4.78 is 81.3. The van der Waals surface area contributed by atoms with E-state index in [1.54, 1.807) is 19.2 Å². The number of hydrogen-bond acceptors (Lipinski definition) is 3. The Morgan fingerprint density at radius 1 is 0.805 bits per heavy atom. The first-order valence-corrected chi connectivity index (χ1v) is 12.8. The molecule has 0 aliphatic heterocycles. The van der Waals surface area contributed by atoms with Crippen LogP contribution in [0.3, 0.4) is 0 Å². The van der Waals surface area contributed by atoms with Crippen LogP contribution in [0.2, 0.25) is 0 Å². The van der Waals surface area contributed by atoms with E-state index in [9.17, 15) is 35.9 Å². The number of halogens is 6. The van der Waals surface area contributed by atoms with Crippen LogP contribution < -0.4 is 9.80 Å². The van der Waals surface area contributed by atoms with E-state index < -0.39 is 40.4 Å². The Balaban J connectivity index is 1.81. The molecule has 0 N–H and O–H groups in total. The maximum absolute atomic E-state index is 13.9. The molecule has 41 heavy (non-hydrogen) atoms. The molecule has 11 heteroatoms. The number of hydrogen-bond donors (Lipinski definition) is 0. The summed E-state index contributed by atoms with van der Waals surface area (Å²) in [6.45, 7) is 4.41. The smallest absolute Gasteiger partial charge is 0.313 e. The second-order valence-corrected chi connectivity index (χ2v) is 10.8. The number of anilines is 2. The molecule has 1 fully saturated rings. The van der Waals surface area contributed by atoms with Crippen molar-refractivity contribution in [1.29, 1.82) is 0 Å². The topological polar surface area (TPSA) is 53.5 Å². The number of aromatic nitrogens is 1. The van der Waals surface area contributed by atoms with Gasteiger partial charge >= 0.3 is 12.4 Å². The lowest BCUT2D eigenvalue weighted by Gasteiger charge is -2.32. The van der Waals surface area contributed by atoms with E-state index in [1.807, 2.05) is 25.1 Å². The number of aryl methyl sites for hydroxylation is 1. The van der Waals surface area contributed by atoms with Gasteiger partial charge in [-0.3, -0.25) is 14.5 Å². The van der Waals surface area contributed by atoms with E-state index in [1.165, 1.54) is 36.9 Å². The lowest BCUT2D eigenvalue weighted by atomic mass is 9.81. The fourth-order valence-corrected chi connectivity index (χ4v) is 4.66. The van der Waals surface area contributed by atoms with Crippen molar-refractivity contribution in [1.82, 2.24) is 4.98 Å². The van der Waals surface area contributed by atoms with Crippen molar-refractivity contribution in [3.8, 4) is 11.1 Å². The summed E-state index contributed by atoms with van der Waals surface area (Å²) in [5.74, 6) is -0.562. The van der Waals surface area contributed by atoms with Gasteiger partial charge in [0.15, 0.2) is 0 Å². The molecule has 1 saturated carbocycles. The van der Waals surface area contributed by atoms with Gasteiger partial charge in [0, 0.05) is 25.6 Å². The van der Waals surface area contributed by atoms with Crippen LogP contribution in [0.4, 0.5) is 37.8 Å². The normalized spacial score (nSPS) is 14.1. The lowest BCUT2D eigenvalue weighted by molar-refractivity contribution is -0.143. The van der Waals surface area contributed by atoms with Crippen molar-refractivity contribution in [3.05, 3.63) is 77.0 Å². The first-order valence-electron chi connectivity index (χ1n) is 12.8. The predicted octanol–water partition coefficient (Wildman–Crippen LogP) is 7.41. The number of rotatable bonds is 6. The minimum Gasteiger partial charge on any atom is -0.313 e. The summed E-state index contributed by atoms with van der Waals surface area (Å²) in [6, 6.07) is 10.1. The van der Waals surface area contributed by atoms with Crippen LogP contribution in [-0.2, 0) is 27.4 Å². The summed E-state index contributed by atoms with van der Waals surface area (Å²) in [4.78, 5) is 33.6. The third-order valence-corrected chi connectivity index (χ3v) is 7.41. The minimum atomic E-state index is -5.05. The average molecular weight is 578 g/mol. The van der Waals surface area contributed by atoms with Crippen molar-refractivity contribution in [2.75, 3.05) is 23.9 Å². The van der Waals surface area contributed by atoms with Gasteiger partial charge in [0.25, 0.3) is 0 Å². The Kier molecular flexibility index (Phi) is 7.70. The van der Waals surface area contributed by atoms with Gasteiger partial charge in [-0.2, -0.15) is 26.3 Å². The molecule has 0 atom stereocenters. The molecule has 1 aromatic heterocycles. The Labute approximate surface area is 233 Å². The molecule has 0 unspecified atom stereocenters. The molecule has 0 radical (unpaired) electrons. The van der Waals surface area contributed by atoms with Crippen molar-refractivity contribution < 1.29 is 35.9 Å². The van der Waals surface area contributed by atoms with Gasteiger partial charge in [0.2, 0.25) is 11.8 Å². The quantitative estimate of drug-likeness (QED) is 0.287. The Morgan fingerprint density at radius 3 is 1.85 bits per heavy atom. The van der Waals surface area contributed by atoms with Gasteiger partial charge in [-0.15, -0.1) is 0 Å². The first kappa shape index (κ1) is 30.1. The van der Waals surface area contributed by atoms with Gasteiger partial charge in [-0.1, -0.05) is 24.3 Å². The largest absolute Gasteiger partial charge is 0.416 e. The third-order valence-electron chi connectivity index (χ3n) is 7.41. The zero-order valence-electron chi connectivity index (χ0n) is 23.1. The third kappa shape index (κ3) is 6.08. The molecular weight excluding hydrogens is 548 g/mol. The monoisotopic (exact) mass is 577 g/mol. The van der Waals surface area contributed by atoms with E-state index in [-0.39, 0.29) is 23.6 Å². The highest BCUT2D eigenvalue weighted by atomic mass is 19.4. The maximum atomic E-state index is 13.9. The highest BCUT2D eigenvalue weighted by Gasteiger charge is 2.41. The minimum absolute atomic E-state index is 0.0339. The van der Waals surface area contributed by atoms with Crippen molar-refractivity contribution >= 4 is 23.3 Å². The number of carbonyl (C=O) groups is 2. The van der Waals surface area contributed by atoms with Gasteiger partial charge in [-0.25, -0.2) is 4.98 Å². The highest BCUT2D eigenvalue weighted by Crippen LogP contribution is 2.41. The Morgan fingerprint density at radius 2 is 1.34 bits per heavy atom. The van der Waals surface area contributed by atoms with E-state index in [4.69, 9.17) is 0 Å². The first-order chi connectivity index (χ1) is 18.9. The second-order valence-electron chi connectivity index (χ2n) is 10.8. The molecule has 0 saturated heterocycles. The fraction of sp³-hybridized carbons (Fsp3) is 0.367. The Hall–Kier alpha value is -3.89. The zero-order valence-corrected chi connectivity index (χ0v) is 23.1. The molecular formula is C30H29F6N3O2. The maximum Gasteiger partial charge on any atom is 0.416 e. The average Bonchev–Trinajstić information content (AvgIpc) is 3.76. The van der Waals surface area contributed by atoms with Crippen LogP contribution in [0.25, 0.3) is 11.1 Å². The number of benzene rings is 2. The molecule has 4 rings (SSSR count). The number of pyridine rings is 1. The number of alkyl halides is 6. The van der Waals surface area contributed by atoms with Gasteiger partial charge in [0.05, 0.1) is 28.4 Å². The summed E-state index contributed by atoms with van der Waals surface area (Å²) >= 11 is 0. The van der Waals surface area contributed by atoms with Crippen LogP contribution in [0, 0.1) is 12.8 Å². The molecule has 2 aromatic carbocycles. The molecule has 5 nitrogen and oxygen atoms in total. The van der Waals surface area contributed by atoms with E-state index in [0.29, 0.717) is 29.1 Å². The molecule has 0 spiro atoms. The van der Waals surface area contributed by atoms with E-state index in [0.717, 1.165) is 18.4 Å². The van der Waals surface area contributed by atoms with Gasteiger partial charge in [0.1, 0.15) is 5.82 Å². The van der Waals surface area contributed by atoms with Crippen LogP contribution in [0.15, 0.2) is 54.7 Å². The second kappa shape index (κ2) is 10.5. The number of likely N-dealkylation sites (N-methyl/N-ethyl adjacent to an activating group) is 1. The summed E-state index contributed by atoms with van der Waals surface area (Å²) in [5.41, 5.74) is -2.87. The van der Waals surface area contributed by atoms with Crippen LogP contribution in [0.5, 0.6) is 0 Å². The number of nitrogens with zero attached hydrogens (tertiary/aromatic N) is 3. The standard InChI is InChI=1S/C30H29F6N3O2/c1-17-8-6-7-9-22(17)23-15-25(39(5)26(40)18-10-11-18)37-16-24(23)38(4)27(41)28(2,3)19-12-20(29(31,32)33)14-21(13-19)30(34,35)36/h6-9,12-16,18H,10-11H2,1-5H3. The van der Waals surface area contributed by atoms with Crippen molar-refractivity contribution in [2.24, 2.45) is 5.92 Å².